The highest BCUT2D eigenvalue weighted by atomic mass is 19.1. The standard InChI is InChI=1S/C17H18FNO4/c1-3-22-16(20)15-11-19(17(21)23-4-2)10-9-14(15)12-5-7-13(18)8-6-12/h5-11,14H,3-4H2,1-2H3. The minimum absolute atomic E-state index is 0.218. The highest BCUT2D eigenvalue weighted by Crippen LogP contribution is 2.31. The number of benzene rings is 1. The lowest BCUT2D eigenvalue weighted by Gasteiger charge is -2.24. The van der Waals surface area contributed by atoms with E-state index in [4.69, 9.17) is 9.47 Å². The molecular weight excluding hydrogens is 301 g/mol. The third kappa shape index (κ3) is 3.97. The van der Waals surface area contributed by atoms with Gasteiger partial charge in [0.15, 0.2) is 0 Å². The molecular formula is C17H18FNO4. The summed E-state index contributed by atoms with van der Waals surface area (Å²) < 4.78 is 23.1. The summed E-state index contributed by atoms with van der Waals surface area (Å²) in [5.74, 6) is -1.30. The summed E-state index contributed by atoms with van der Waals surface area (Å²) in [6, 6.07) is 5.84. The second kappa shape index (κ2) is 7.58. The molecule has 0 spiro atoms. The van der Waals surface area contributed by atoms with Crippen LogP contribution < -0.4 is 0 Å². The predicted molar refractivity (Wildman–Crippen MR) is 81.9 cm³/mol. The van der Waals surface area contributed by atoms with Crippen molar-refractivity contribution in [2.24, 2.45) is 0 Å². The molecule has 0 saturated heterocycles. The normalized spacial score (nSPS) is 16.7. The van der Waals surface area contributed by atoms with E-state index in [9.17, 15) is 14.0 Å². The fraction of sp³-hybridized carbons (Fsp3) is 0.294. The molecule has 1 unspecified atom stereocenters. The fourth-order valence-electron chi connectivity index (χ4n) is 2.22. The van der Waals surface area contributed by atoms with Gasteiger partial charge in [0.05, 0.1) is 18.8 Å². The summed E-state index contributed by atoms with van der Waals surface area (Å²) in [4.78, 5) is 25.2. The lowest BCUT2D eigenvalue weighted by Crippen LogP contribution is -2.27. The van der Waals surface area contributed by atoms with Crippen molar-refractivity contribution in [3.63, 3.8) is 0 Å². The first-order valence-corrected chi connectivity index (χ1v) is 7.34. The van der Waals surface area contributed by atoms with E-state index in [1.54, 1.807) is 32.1 Å². The molecule has 1 aliphatic heterocycles. The van der Waals surface area contributed by atoms with Crippen molar-refractivity contribution < 1.29 is 23.5 Å². The first-order chi connectivity index (χ1) is 11.1. The molecule has 1 heterocycles. The molecule has 6 heteroatoms. The monoisotopic (exact) mass is 319 g/mol. The van der Waals surface area contributed by atoms with Crippen LogP contribution in [-0.2, 0) is 14.3 Å². The van der Waals surface area contributed by atoms with Gasteiger partial charge in [0.1, 0.15) is 5.82 Å². The van der Waals surface area contributed by atoms with Gasteiger partial charge in [-0.05, 0) is 31.5 Å². The van der Waals surface area contributed by atoms with E-state index in [-0.39, 0.29) is 24.6 Å². The zero-order chi connectivity index (χ0) is 16.8. The molecule has 2 rings (SSSR count). The molecule has 0 N–H and O–H groups in total. The molecule has 1 amide bonds. The first-order valence-electron chi connectivity index (χ1n) is 7.34. The van der Waals surface area contributed by atoms with Crippen LogP contribution >= 0.6 is 0 Å². The van der Waals surface area contributed by atoms with Gasteiger partial charge in [0, 0.05) is 18.3 Å². The Morgan fingerprint density at radius 3 is 2.39 bits per heavy atom. The minimum Gasteiger partial charge on any atom is -0.463 e. The Labute approximate surface area is 134 Å². The Bertz CT molecular complexity index is 636. The van der Waals surface area contributed by atoms with Gasteiger partial charge in [-0.15, -0.1) is 0 Å². The number of ether oxygens (including phenoxy) is 2. The third-order valence-electron chi connectivity index (χ3n) is 3.27. The van der Waals surface area contributed by atoms with Crippen LogP contribution in [0.2, 0.25) is 0 Å². The van der Waals surface area contributed by atoms with Gasteiger partial charge in [-0.3, -0.25) is 4.90 Å². The van der Waals surface area contributed by atoms with Crippen LogP contribution in [0.1, 0.15) is 25.3 Å². The second-order valence-corrected chi connectivity index (χ2v) is 4.78. The van der Waals surface area contributed by atoms with Crippen LogP contribution in [0.25, 0.3) is 0 Å². The predicted octanol–water partition coefficient (Wildman–Crippen LogP) is 3.34. The summed E-state index contributed by atoms with van der Waals surface area (Å²) >= 11 is 0. The number of amides is 1. The number of halogens is 1. The Balaban J connectivity index is 2.33. The average Bonchev–Trinajstić information content (AvgIpc) is 2.55. The zero-order valence-electron chi connectivity index (χ0n) is 13.0. The molecule has 0 radical (unpaired) electrons. The minimum atomic E-state index is -0.580. The number of allylic oxidation sites excluding steroid dienone is 1. The van der Waals surface area contributed by atoms with Gasteiger partial charge >= 0.3 is 12.1 Å². The number of hydrogen-bond acceptors (Lipinski definition) is 4. The number of nitrogens with zero attached hydrogens (tertiary/aromatic N) is 1. The molecule has 1 atom stereocenters. The maximum atomic E-state index is 13.1. The Morgan fingerprint density at radius 2 is 1.78 bits per heavy atom. The number of hydrogen-bond donors (Lipinski definition) is 0. The van der Waals surface area contributed by atoms with Gasteiger partial charge in [0.25, 0.3) is 0 Å². The van der Waals surface area contributed by atoms with E-state index >= 15 is 0 Å². The van der Waals surface area contributed by atoms with Crippen molar-refractivity contribution in [3.05, 3.63) is 59.7 Å². The van der Waals surface area contributed by atoms with Crippen molar-refractivity contribution in [1.29, 1.82) is 0 Å². The molecule has 0 aliphatic carbocycles. The van der Waals surface area contributed by atoms with Gasteiger partial charge in [-0.25, -0.2) is 14.0 Å². The molecule has 0 bridgehead atoms. The van der Waals surface area contributed by atoms with E-state index in [2.05, 4.69) is 0 Å². The van der Waals surface area contributed by atoms with Crippen LogP contribution in [0.3, 0.4) is 0 Å². The summed E-state index contributed by atoms with van der Waals surface area (Å²) in [6.45, 7) is 3.85. The van der Waals surface area contributed by atoms with E-state index in [1.807, 2.05) is 0 Å². The molecule has 1 aromatic rings. The van der Waals surface area contributed by atoms with Crippen LogP contribution in [0.15, 0.2) is 48.3 Å². The molecule has 23 heavy (non-hydrogen) atoms. The van der Waals surface area contributed by atoms with Crippen LogP contribution in [-0.4, -0.2) is 30.2 Å². The van der Waals surface area contributed by atoms with E-state index in [1.165, 1.54) is 29.4 Å². The molecule has 5 nitrogen and oxygen atoms in total. The van der Waals surface area contributed by atoms with Gasteiger partial charge in [-0.1, -0.05) is 18.2 Å². The summed E-state index contributed by atoms with van der Waals surface area (Å²) in [7, 11) is 0. The quantitative estimate of drug-likeness (QED) is 0.799. The average molecular weight is 319 g/mol. The summed E-state index contributed by atoms with van der Waals surface area (Å²) in [5, 5.41) is 0. The highest BCUT2D eigenvalue weighted by Gasteiger charge is 2.27. The second-order valence-electron chi connectivity index (χ2n) is 4.78. The Hall–Kier alpha value is -2.63. The highest BCUT2D eigenvalue weighted by molar-refractivity contribution is 5.92. The van der Waals surface area contributed by atoms with E-state index in [0.29, 0.717) is 0 Å². The van der Waals surface area contributed by atoms with Gasteiger partial charge < -0.3 is 9.47 Å². The van der Waals surface area contributed by atoms with Crippen molar-refractivity contribution in [2.75, 3.05) is 13.2 Å². The van der Waals surface area contributed by atoms with Crippen LogP contribution in [0.5, 0.6) is 0 Å². The van der Waals surface area contributed by atoms with Crippen LogP contribution in [0, 0.1) is 5.82 Å². The van der Waals surface area contributed by atoms with E-state index < -0.39 is 18.0 Å². The largest absolute Gasteiger partial charge is 0.463 e. The van der Waals surface area contributed by atoms with Crippen molar-refractivity contribution in [1.82, 2.24) is 4.90 Å². The fourth-order valence-corrected chi connectivity index (χ4v) is 2.22. The molecule has 122 valence electrons. The number of carbonyl (C=O) groups excluding carboxylic acids is 2. The maximum absolute atomic E-state index is 13.1. The molecule has 0 saturated carbocycles. The van der Waals surface area contributed by atoms with Gasteiger partial charge in [0.2, 0.25) is 0 Å². The lowest BCUT2D eigenvalue weighted by molar-refractivity contribution is -0.138. The number of rotatable bonds is 4. The van der Waals surface area contributed by atoms with Crippen LogP contribution in [0.4, 0.5) is 9.18 Å². The molecule has 0 fully saturated rings. The summed E-state index contributed by atoms with van der Waals surface area (Å²) in [5.41, 5.74) is 1.01. The Kier molecular flexibility index (Phi) is 5.51. The topological polar surface area (TPSA) is 55.8 Å². The summed E-state index contributed by atoms with van der Waals surface area (Å²) in [6.07, 6.45) is 4.01. The number of esters is 1. The Morgan fingerprint density at radius 1 is 1.13 bits per heavy atom. The molecule has 1 aliphatic rings. The smallest absolute Gasteiger partial charge is 0.417 e. The van der Waals surface area contributed by atoms with Gasteiger partial charge in [-0.2, -0.15) is 0 Å². The lowest BCUT2D eigenvalue weighted by atomic mass is 9.90. The molecule has 0 aromatic heterocycles. The van der Waals surface area contributed by atoms with Crippen molar-refractivity contribution in [3.8, 4) is 0 Å². The molecule has 1 aromatic carbocycles. The van der Waals surface area contributed by atoms with Crippen molar-refractivity contribution >= 4 is 12.1 Å². The van der Waals surface area contributed by atoms with Crippen molar-refractivity contribution in [2.45, 2.75) is 19.8 Å². The first kappa shape index (κ1) is 16.7. The third-order valence-corrected chi connectivity index (χ3v) is 3.27. The number of carbonyl (C=O) groups is 2. The maximum Gasteiger partial charge on any atom is 0.417 e. The SMILES string of the molecule is CCOC(=O)C1=CN(C(=O)OCC)C=CC1c1ccc(F)cc1. The zero-order valence-corrected chi connectivity index (χ0v) is 13.0. The van der Waals surface area contributed by atoms with E-state index in [0.717, 1.165) is 5.56 Å².